The summed E-state index contributed by atoms with van der Waals surface area (Å²) in [7, 11) is 1.82. The van der Waals surface area contributed by atoms with E-state index >= 15 is 0 Å². The highest BCUT2D eigenvalue weighted by Crippen LogP contribution is 2.23. The number of imide groups is 1. The van der Waals surface area contributed by atoms with E-state index < -0.39 is 0 Å². The van der Waals surface area contributed by atoms with E-state index in [0.717, 1.165) is 11.1 Å². The van der Waals surface area contributed by atoms with E-state index in [0.29, 0.717) is 11.4 Å². The Labute approximate surface area is 145 Å². The van der Waals surface area contributed by atoms with E-state index in [1.54, 1.807) is 35.1 Å². The fraction of sp³-hybridized carbons (Fsp3) is 0.278. The molecule has 122 valence electrons. The maximum atomic E-state index is 12.4. The summed E-state index contributed by atoms with van der Waals surface area (Å²) in [4.78, 5) is 25.7. The van der Waals surface area contributed by atoms with Crippen LogP contribution in [0, 0.1) is 17.8 Å². The van der Waals surface area contributed by atoms with Gasteiger partial charge in [-0.1, -0.05) is 23.4 Å². The normalized spacial score (nSPS) is 17.1. The molecule has 0 N–H and O–H groups in total. The second-order valence-electron chi connectivity index (χ2n) is 5.75. The van der Waals surface area contributed by atoms with E-state index in [-0.39, 0.29) is 30.7 Å². The van der Waals surface area contributed by atoms with E-state index in [9.17, 15) is 9.59 Å². The Morgan fingerprint density at radius 1 is 1.29 bits per heavy atom. The zero-order valence-corrected chi connectivity index (χ0v) is 14.0. The highest BCUT2D eigenvalue weighted by Gasteiger charge is 2.37. The summed E-state index contributed by atoms with van der Waals surface area (Å²) >= 11 is 5.82. The van der Waals surface area contributed by atoms with Crippen molar-refractivity contribution in [3.8, 4) is 11.8 Å². The van der Waals surface area contributed by atoms with Crippen LogP contribution in [0.5, 0.6) is 0 Å². The number of hydrogen-bond donors (Lipinski definition) is 0. The molecule has 1 saturated heterocycles. The highest BCUT2D eigenvalue weighted by atomic mass is 35.5. The Balaban J connectivity index is 1.63. The van der Waals surface area contributed by atoms with Crippen molar-refractivity contribution in [2.45, 2.75) is 12.8 Å². The van der Waals surface area contributed by atoms with Gasteiger partial charge in [-0.05, 0) is 36.2 Å². The fourth-order valence-electron chi connectivity index (χ4n) is 2.69. The zero-order valence-electron chi connectivity index (χ0n) is 13.2. The largest absolute Gasteiger partial charge is 0.276 e. The average Bonchev–Trinajstić information content (AvgIpc) is 3.07. The molecule has 0 bridgehead atoms. The number of aryl methyl sites for hydroxylation is 1. The Hall–Kier alpha value is -2.58. The molecule has 1 fully saturated rings. The molecule has 1 aliphatic rings. The molecule has 3 rings (SSSR count). The van der Waals surface area contributed by atoms with Crippen LogP contribution in [-0.4, -0.2) is 33.0 Å². The molecule has 1 aliphatic heterocycles. The molecule has 1 atom stereocenters. The molecular weight excluding hydrogens is 326 g/mol. The Morgan fingerprint density at radius 3 is 2.71 bits per heavy atom. The van der Waals surface area contributed by atoms with E-state index in [2.05, 4.69) is 16.9 Å². The molecule has 2 amide bonds. The topological polar surface area (TPSA) is 55.2 Å². The van der Waals surface area contributed by atoms with Crippen LogP contribution < -0.4 is 0 Å². The highest BCUT2D eigenvalue weighted by molar-refractivity contribution is 6.30. The van der Waals surface area contributed by atoms with Crippen molar-refractivity contribution >= 4 is 23.4 Å². The first-order chi connectivity index (χ1) is 11.5. The van der Waals surface area contributed by atoms with Crippen molar-refractivity contribution in [2.24, 2.45) is 13.0 Å². The van der Waals surface area contributed by atoms with Gasteiger partial charge in [0, 0.05) is 30.3 Å². The lowest BCUT2D eigenvalue weighted by Gasteiger charge is -2.10. The summed E-state index contributed by atoms with van der Waals surface area (Å²) < 4.78 is 1.69. The number of amides is 2. The molecule has 0 spiro atoms. The maximum Gasteiger partial charge on any atom is 0.233 e. The number of likely N-dealkylation sites (tertiary alicyclic amines) is 1. The minimum Gasteiger partial charge on any atom is -0.276 e. The molecule has 24 heavy (non-hydrogen) atoms. The van der Waals surface area contributed by atoms with E-state index in [4.69, 9.17) is 11.6 Å². The van der Waals surface area contributed by atoms with Crippen molar-refractivity contribution < 1.29 is 9.59 Å². The van der Waals surface area contributed by atoms with Gasteiger partial charge < -0.3 is 0 Å². The Bertz CT molecular complexity index is 830. The number of halogens is 1. The van der Waals surface area contributed by atoms with Crippen LogP contribution in [0.25, 0.3) is 0 Å². The van der Waals surface area contributed by atoms with Gasteiger partial charge >= 0.3 is 0 Å². The third-order valence-electron chi connectivity index (χ3n) is 3.89. The van der Waals surface area contributed by atoms with Crippen LogP contribution in [0.2, 0.25) is 5.02 Å². The van der Waals surface area contributed by atoms with Crippen molar-refractivity contribution in [1.29, 1.82) is 0 Å². The van der Waals surface area contributed by atoms with Gasteiger partial charge in [-0.3, -0.25) is 19.2 Å². The van der Waals surface area contributed by atoms with Gasteiger partial charge in [0.05, 0.1) is 18.7 Å². The predicted octanol–water partition coefficient (Wildman–Crippen LogP) is 2.04. The standard InChI is InChI=1S/C18H16ClN3O2/c1-21-12-14(11-20-21)9-15-10-17(23)22(18(15)24)8-2-3-13-4-6-16(19)7-5-13/h4-7,11-12,15H,8-10H2,1H3/t15-/m1/s1. The fourth-order valence-corrected chi connectivity index (χ4v) is 2.82. The number of aromatic nitrogens is 2. The average molecular weight is 342 g/mol. The van der Waals surface area contributed by atoms with Gasteiger partial charge in [0.25, 0.3) is 0 Å². The summed E-state index contributed by atoms with van der Waals surface area (Å²) in [6.45, 7) is 0.115. The van der Waals surface area contributed by atoms with E-state index in [1.807, 2.05) is 13.2 Å². The first-order valence-electron chi connectivity index (χ1n) is 7.59. The number of nitrogens with zero attached hydrogens (tertiary/aromatic N) is 3. The smallest absolute Gasteiger partial charge is 0.233 e. The number of benzene rings is 1. The molecule has 1 aromatic carbocycles. The molecule has 6 heteroatoms. The summed E-state index contributed by atoms with van der Waals surface area (Å²) in [6, 6.07) is 7.10. The van der Waals surface area contributed by atoms with Crippen LogP contribution in [0.4, 0.5) is 0 Å². The summed E-state index contributed by atoms with van der Waals surface area (Å²) in [5.74, 6) is 5.18. The summed E-state index contributed by atoms with van der Waals surface area (Å²) in [6.07, 6.45) is 4.34. The van der Waals surface area contributed by atoms with Crippen LogP contribution >= 0.6 is 11.6 Å². The van der Waals surface area contributed by atoms with Gasteiger partial charge in [0.1, 0.15) is 0 Å². The quantitative estimate of drug-likeness (QED) is 0.634. The molecular formula is C18H16ClN3O2. The number of carbonyl (C=O) groups is 2. The number of rotatable bonds is 3. The van der Waals surface area contributed by atoms with Crippen LogP contribution in [0.3, 0.4) is 0 Å². The SMILES string of the molecule is Cn1cc(C[C@@H]2CC(=O)N(CC#Cc3ccc(Cl)cc3)C2=O)cn1. The third kappa shape index (κ3) is 3.66. The summed E-state index contributed by atoms with van der Waals surface area (Å²) in [5, 5.41) is 4.73. The summed E-state index contributed by atoms with van der Waals surface area (Å²) in [5.41, 5.74) is 1.75. The molecule has 0 radical (unpaired) electrons. The molecule has 1 aromatic heterocycles. The predicted molar refractivity (Wildman–Crippen MR) is 90.1 cm³/mol. The van der Waals surface area contributed by atoms with Crippen molar-refractivity contribution in [2.75, 3.05) is 6.54 Å². The number of hydrogen-bond acceptors (Lipinski definition) is 3. The van der Waals surface area contributed by atoms with Crippen LogP contribution in [0.15, 0.2) is 36.7 Å². The lowest BCUT2D eigenvalue weighted by atomic mass is 10.0. The minimum absolute atomic E-state index is 0.115. The molecule has 2 aromatic rings. The van der Waals surface area contributed by atoms with Crippen LogP contribution in [-0.2, 0) is 23.1 Å². The molecule has 2 heterocycles. The Kier molecular flexibility index (Phi) is 4.68. The van der Waals surface area contributed by atoms with Crippen molar-refractivity contribution in [3.63, 3.8) is 0 Å². The zero-order chi connectivity index (χ0) is 17.1. The number of carbonyl (C=O) groups excluding carboxylic acids is 2. The Morgan fingerprint density at radius 2 is 2.04 bits per heavy atom. The lowest BCUT2D eigenvalue weighted by Crippen LogP contribution is -2.31. The van der Waals surface area contributed by atoms with Crippen LogP contribution in [0.1, 0.15) is 17.5 Å². The monoisotopic (exact) mass is 341 g/mol. The molecule has 0 saturated carbocycles. The lowest BCUT2D eigenvalue weighted by molar-refractivity contribution is -0.138. The van der Waals surface area contributed by atoms with Gasteiger partial charge in [0.15, 0.2) is 0 Å². The van der Waals surface area contributed by atoms with Crippen molar-refractivity contribution in [3.05, 3.63) is 52.8 Å². The first kappa shape index (κ1) is 16.3. The molecule has 0 unspecified atom stereocenters. The second kappa shape index (κ2) is 6.90. The van der Waals surface area contributed by atoms with Crippen molar-refractivity contribution in [1.82, 2.24) is 14.7 Å². The maximum absolute atomic E-state index is 12.4. The second-order valence-corrected chi connectivity index (χ2v) is 6.19. The third-order valence-corrected chi connectivity index (χ3v) is 4.14. The molecule has 5 nitrogen and oxygen atoms in total. The van der Waals surface area contributed by atoms with Gasteiger partial charge in [-0.2, -0.15) is 5.10 Å². The first-order valence-corrected chi connectivity index (χ1v) is 7.97. The van der Waals surface area contributed by atoms with Gasteiger partial charge in [-0.15, -0.1) is 0 Å². The van der Waals surface area contributed by atoms with Gasteiger partial charge in [-0.25, -0.2) is 0 Å². The molecule has 0 aliphatic carbocycles. The van der Waals surface area contributed by atoms with Gasteiger partial charge in [0.2, 0.25) is 11.8 Å². The minimum atomic E-state index is -0.320. The van der Waals surface area contributed by atoms with E-state index in [1.165, 1.54) is 4.90 Å².